The van der Waals surface area contributed by atoms with Crippen LogP contribution < -0.4 is 0 Å². The SMILES string of the molecule is N#CC=CC1(CC2CO2)OC=C1C(=O)O. The monoisotopic (exact) mass is 207 g/mol. The Morgan fingerprint density at radius 3 is 3.00 bits per heavy atom. The molecule has 0 spiro atoms. The molecule has 0 amide bonds. The van der Waals surface area contributed by atoms with E-state index >= 15 is 0 Å². The maximum atomic E-state index is 10.9. The van der Waals surface area contributed by atoms with E-state index in [2.05, 4.69) is 0 Å². The maximum absolute atomic E-state index is 10.9. The number of allylic oxidation sites excluding steroid dienone is 1. The second-order valence-electron chi connectivity index (χ2n) is 3.47. The van der Waals surface area contributed by atoms with Crippen LogP contribution in [0.5, 0.6) is 0 Å². The average molecular weight is 207 g/mol. The summed E-state index contributed by atoms with van der Waals surface area (Å²) >= 11 is 0. The minimum Gasteiger partial charge on any atom is -0.485 e. The van der Waals surface area contributed by atoms with E-state index < -0.39 is 11.6 Å². The number of rotatable bonds is 4. The smallest absolute Gasteiger partial charge is 0.339 e. The van der Waals surface area contributed by atoms with Gasteiger partial charge in [0, 0.05) is 12.5 Å². The molecule has 2 rings (SSSR count). The summed E-state index contributed by atoms with van der Waals surface area (Å²) < 4.78 is 10.2. The molecular weight excluding hydrogens is 198 g/mol. The van der Waals surface area contributed by atoms with Crippen molar-refractivity contribution in [2.24, 2.45) is 0 Å². The van der Waals surface area contributed by atoms with Gasteiger partial charge in [-0.2, -0.15) is 5.26 Å². The number of aliphatic carboxylic acids is 1. The third-order valence-corrected chi connectivity index (χ3v) is 2.43. The van der Waals surface area contributed by atoms with Crippen molar-refractivity contribution in [3.05, 3.63) is 24.0 Å². The molecule has 0 aromatic rings. The van der Waals surface area contributed by atoms with Crippen LogP contribution in [0.1, 0.15) is 6.42 Å². The van der Waals surface area contributed by atoms with Gasteiger partial charge in [-0.25, -0.2) is 4.79 Å². The highest BCUT2D eigenvalue weighted by Crippen LogP contribution is 2.40. The van der Waals surface area contributed by atoms with Crippen LogP contribution in [0.4, 0.5) is 0 Å². The van der Waals surface area contributed by atoms with Crippen molar-refractivity contribution in [2.75, 3.05) is 6.61 Å². The van der Waals surface area contributed by atoms with Crippen molar-refractivity contribution in [3.8, 4) is 6.07 Å². The molecule has 1 N–H and O–H groups in total. The van der Waals surface area contributed by atoms with Gasteiger partial charge in [0.15, 0.2) is 5.60 Å². The van der Waals surface area contributed by atoms with Crippen molar-refractivity contribution in [3.63, 3.8) is 0 Å². The number of epoxide rings is 1. The van der Waals surface area contributed by atoms with Gasteiger partial charge in [-0.1, -0.05) is 0 Å². The Kier molecular flexibility index (Phi) is 2.21. The largest absolute Gasteiger partial charge is 0.485 e. The van der Waals surface area contributed by atoms with Gasteiger partial charge in [0.05, 0.1) is 25.0 Å². The highest BCUT2D eigenvalue weighted by atomic mass is 16.6. The zero-order chi connectivity index (χ0) is 10.9. The van der Waals surface area contributed by atoms with Crippen LogP contribution in [0.25, 0.3) is 0 Å². The lowest BCUT2D eigenvalue weighted by molar-refractivity contribution is -0.137. The number of ether oxygens (including phenoxy) is 2. The van der Waals surface area contributed by atoms with Crippen molar-refractivity contribution < 1.29 is 19.4 Å². The summed E-state index contributed by atoms with van der Waals surface area (Å²) in [6, 6.07) is 1.82. The summed E-state index contributed by atoms with van der Waals surface area (Å²) in [4.78, 5) is 10.9. The third-order valence-electron chi connectivity index (χ3n) is 2.43. The average Bonchev–Trinajstić information content (AvgIpc) is 2.93. The molecule has 1 fully saturated rings. The van der Waals surface area contributed by atoms with Crippen LogP contribution in [0, 0.1) is 11.3 Å². The van der Waals surface area contributed by atoms with Crippen molar-refractivity contribution in [1.29, 1.82) is 5.26 Å². The lowest BCUT2D eigenvalue weighted by Crippen LogP contribution is -2.43. The molecule has 2 aliphatic rings. The number of carboxylic acid groups (broad SMARTS) is 1. The fourth-order valence-corrected chi connectivity index (χ4v) is 1.55. The molecule has 1 saturated heterocycles. The van der Waals surface area contributed by atoms with Gasteiger partial charge < -0.3 is 14.6 Å². The highest BCUT2D eigenvalue weighted by molar-refractivity contribution is 5.91. The van der Waals surface area contributed by atoms with Crippen LogP contribution in [-0.4, -0.2) is 29.4 Å². The van der Waals surface area contributed by atoms with Crippen LogP contribution in [0.2, 0.25) is 0 Å². The van der Waals surface area contributed by atoms with E-state index in [1.54, 1.807) is 0 Å². The molecule has 0 aromatic heterocycles. The molecule has 0 aliphatic carbocycles. The first-order chi connectivity index (χ1) is 7.18. The summed E-state index contributed by atoms with van der Waals surface area (Å²) in [5.74, 6) is -1.02. The molecular formula is C10H9NO4. The zero-order valence-electron chi connectivity index (χ0n) is 7.84. The Morgan fingerprint density at radius 2 is 2.60 bits per heavy atom. The number of hydrogen-bond donors (Lipinski definition) is 1. The number of nitrogens with zero attached hydrogens (tertiary/aromatic N) is 1. The molecule has 0 radical (unpaired) electrons. The molecule has 78 valence electrons. The van der Waals surface area contributed by atoms with Crippen LogP contribution in [-0.2, 0) is 14.3 Å². The Morgan fingerprint density at radius 1 is 1.87 bits per heavy atom. The number of hydrogen-bond acceptors (Lipinski definition) is 4. The summed E-state index contributed by atoms with van der Waals surface area (Å²) in [7, 11) is 0. The van der Waals surface area contributed by atoms with E-state index in [0.29, 0.717) is 13.0 Å². The molecule has 15 heavy (non-hydrogen) atoms. The molecule has 0 aromatic carbocycles. The molecule has 2 atom stereocenters. The Bertz CT molecular complexity index is 389. The maximum Gasteiger partial charge on any atom is 0.339 e. The minimum absolute atomic E-state index is 0.0383. The van der Waals surface area contributed by atoms with E-state index in [1.165, 1.54) is 18.4 Å². The number of carboxylic acids is 1. The first-order valence-electron chi connectivity index (χ1n) is 4.48. The second kappa shape index (κ2) is 3.41. The van der Waals surface area contributed by atoms with Crippen molar-refractivity contribution in [1.82, 2.24) is 0 Å². The Labute approximate surface area is 86.2 Å². The number of nitriles is 1. The molecule has 0 saturated carbocycles. The zero-order valence-corrected chi connectivity index (χ0v) is 7.84. The second-order valence-corrected chi connectivity index (χ2v) is 3.47. The Balaban J connectivity index is 2.17. The number of carbonyl (C=O) groups is 1. The fourth-order valence-electron chi connectivity index (χ4n) is 1.55. The summed E-state index contributed by atoms with van der Waals surface area (Å²) in [5, 5.41) is 17.3. The van der Waals surface area contributed by atoms with E-state index in [-0.39, 0.29) is 11.7 Å². The summed E-state index contributed by atoms with van der Waals surface area (Å²) in [5.41, 5.74) is -0.799. The fraction of sp³-hybridized carbons (Fsp3) is 0.400. The molecule has 2 unspecified atom stereocenters. The highest BCUT2D eigenvalue weighted by Gasteiger charge is 2.48. The van der Waals surface area contributed by atoms with E-state index in [4.69, 9.17) is 19.8 Å². The van der Waals surface area contributed by atoms with E-state index in [0.717, 1.165) is 0 Å². The van der Waals surface area contributed by atoms with Crippen LogP contribution in [0.3, 0.4) is 0 Å². The molecule has 5 heteroatoms. The Hall–Kier alpha value is -1.80. The van der Waals surface area contributed by atoms with Crippen LogP contribution >= 0.6 is 0 Å². The molecule has 0 bridgehead atoms. The normalized spacial score (nSPS) is 32.5. The molecule has 2 aliphatic heterocycles. The lowest BCUT2D eigenvalue weighted by atomic mass is 9.85. The van der Waals surface area contributed by atoms with Crippen LogP contribution in [0.15, 0.2) is 24.0 Å². The van der Waals surface area contributed by atoms with Crippen molar-refractivity contribution in [2.45, 2.75) is 18.1 Å². The first-order valence-corrected chi connectivity index (χ1v) is 4.48. The summed E-state index contributed by atoms with van der Waals surface area (Å²) in [6.45, 7) is 0.623. The molecule has 5 nitrogen and oxygen atoms in total. The van der Waals surface area contributed by atoms with E-state index in [9.17, 15) is 4.79 Å². The van der Waals surface area contributed by atoms with E-state index in [1.807, 2.05) is 6.07 Å². The third kappa shape index (κ3) is 1.72. The van der Waals surface area contributed by atoms with Gasteiger partial charge in [0.25, 0.3) is 0 Å². The van der Waals surface area contributed by atoms with Gasteiger partial charge in [-0.3, -0.25) is 0 Å². The predicted octanol–water partition coefficient (Wildman–Crippen LogP) is 0.593. The van der Waals surface area contributed by atoms with Crippen molar-refractivity contribution >= 4 is 5.97 Å². The molecule has 2 heterocycles. The standard InChI is InChI=1S/C10H9NO4/c11-3-1-2-10(4-7-5-14-7)8(6-15-10)9(12)13/h1-2,6-7H,4-5H2,(H,12,13). The quantitative estimate of drug-likeness (QED) is 0.539. The topological polar surface area (TPSA) is 82.8 Å². The van der Waals surface area contributed by atoms with Gasteiger partial charge in [-0.05, 0) is 6.08 Å². The van der Waals surface area contributed by atoms with Gasteiger partial charge in [0.1, 0.15) is 5.57 Å². The van der Waals surface area contributed by atoms with Gasteiger partial charge in [0.2, 0.25) is 0 Å². The summed E-state index contributed by atoms with van der Waals surface area (Å²) in [6.07, 6.45) is 4.39. The minimum atomic E-state index is -1.02. The first kappa shape index (κ1) is 9.74. The van der Waals surface area contributed by atoms with Gasteiger partial charge >= 0.3 is 5.97 Å². The predicted molar refractivity (Wildman–Crippen MR) is 48.6 cm³/mol. The van der Waals surface area contributed by atoms with Gasteiger partial charge in [-0.15, -0.1) is 0 Å². The lowest BCUT2D eigenvalue weighted by Gasteiger charge is -2.37.